The van der Waals surface area contributed by atoms with E-state index in [1.165, 1.54) is 0 Å². The zero-order valence-electron chi connectivity index (χ0n) is 8.80. The third-order valence-electron chi connectivity index (χ3n) is 1.91. The summed E-state index contributed by atoms with van der Waals surface area (Å²) in [6.07, 6.45) is 4.73. The fourth-order valence-electron chi connectivity index (χ4n) is 0.993. The Morgan fingerprint density at radius 3 is 2.71 bits per heavy atom. The highest BCUT2D eigenvalue weighted by Crippen LogP contribution is 2.11. The van der Waals surface area contributed by atoms with Gasteiger partial charge in [0.2, 0.25) is 0 Å². The summed E-state index contributed by atoms with van der Waals surface area (Å²) in [5.41, 5.74) is 5.36. The van der Waals surface area contributed by atoms with E-state index < -0.39 is 0 Å². The van der Waals surface area contributed by atoms with E-state index in [1.54, 1.807) is 0 Å². The van der Waals surface area contributed by atoms with Crippen LogP contribution in [0.3, 0.4) is 0 Å². The molecule has 1 atom stereocenters. The Morgan fingerprint density at radius 1 is 1.43 bits per heavy atom. The molecule has 0 aliphatic rings. The quantitative estimate of drug-likeness (QED) is 0.416. The molecule has 84 valence electrons. The molecule has 2 N–H and O–H groups in total. The third-order valence-corrected chi connectivity index (χ3v) is 2.74. The van der Waals surface area contributed by atoms with Gasteiger partial charge >= 0.3 is 5.97 Å². The summed E-state index contributed by atoms with van der Waals surface area (Å²) in [7, 11) is 0. The highest BCUT2D eigenvalue weighted by atomic mass is 79.9. The first kappa shape index (κ1) is 13.9. The normalized spacial score (nSPS) is 12.5. The van der Waals surface area contributed by atoms with Gasteiger partial charge in [-0.3, -0.25) is 4.79 Å². The maximum atomic E-state index is 11.3. The molecule has 4 heteroatoms. The smallest absolute Gasteiger partial charge is 0.319 e. The van der Waals surface area contributed by atoms with Gasteiger partial charge in [0.05, 0.1) is 6.61 Å². The highest BCUT2D eigenvalue weighted by Gasteiger charge is 2.15. The van der Waals surface area contributed by atoms with Crippen LogP contribution < -0.4 is 5.73 Å². The molecular weight excluding hydrogens is 246 g/mol. The Kier molecular flexibility index (Phi) is 9.40. The lowest BCUT2D eigenvalue weighted by molar-refractivity contribution is -0.143. The number of nitrogens with two attached hydrogens (primary N) is 1. The predicted molar refractivity (Wildman–Crippen MR) is 61.5 cm³/mol. The van der Waals surface area contributed by atoms with Crippen LogP contribution in [0.5, 0.6) is 0 Å². The van der Waals surface area contributed by atoms with Crippen molar-refractivity contribution < 1.29 is 9.53 Å². The van der Waals surface area contributed by atoms with Gasteiger partial charge < -0.3 is 10.5 Å². The third kappa shape index (κ3) is 7.33. The van der Waals surface area contributed by atoms with Gasteiger partial charge in [-0.1, -0.05) is 35.7 Å². The van der Waals surface area contributed by atoms with E-state index in [0.717, 1.165) is 32.1 Å². The van der Waals surface area contributed by atoms with E-state index in [0.29, 0.717) is 13.2 Å². The summed E-state index contributed by atoms with van der Waals surface area (Å²) < 4.78 is 5.06. The van der Waals surface area contributed by atoms with Crippen LogP contribution in [0, 0.1) is 0 Å². The van der Waals surface area contributed by atoms with E-state index in [2.05, 4.69) is 22.9 Å². The van der Waals surface area contributed by atoms with Gasteiger partial charge in [-0.25, -0.2) is 0 Å². The molecule has 0 amide bonds. The first-order valence-corrected chi connectivity index (χ1v) is 6.14. The molecule has 0 saturated heterocycles. The van der Waals surface area contributed by atoms with Gasteiger partial charge in [0.25, 0.3) is 0 Å². The van der Waals surface area contributed by atoms with Crippen molar-refractivity contribution in [2.24, 2.45) is 5.73 Å². The van der Waals surface area contributed by atoms with Crippen LogP contribution in [0.25, 0.3) is 0 Å². The Balaban J connectivity index is 3.44. The number of esters is 1. The van der Waals surface area contributed by atoms with Crippen molar-refractivity contribution in [3.63, 3.8) is 0 Å². The Bertz CT molecular complexity index is 153. The molecule has 3 nitrogen and oxygen atoms in total. The minimum Gasteiger partial charge on any atom is -0.465 e. The lowest BCUT2D eigenvalue weighted by atomic mass is 10.2. The van der Waals surface area contributed by atoms with Gasteiger partial charge in [-0.15, -0.1) is 0 Å². The average Bonchev–Trinajstić information content (AvgIpc) is 2.18. The zero-order chi connectivity index (χ0) is 10.8. The largest absolute Gasteiger partial charge is 0.465 e. The molecule has 0 rings (SSSR count). The Labute approximate surface area is 94.5 Å². The Hall–Kier alpha value is -0.0900. The topological polar surface area (TPSA) is 52.3 Å². The van der Waals surface area contributed by atoms with E-state index in [4.69, 9.17) is 10.5 Å². The van der Waals surface area contributed by atoms with Crippen LogP contribution in [0.15, 0.2) is 0 Å². The van der Waals surface area contributed by atoms with Crippen LogP contribution in [-0.2, 0) is 9.53 Å². The molecule has 0 aliphatic heterocycles. The van der Waals surface area contributed by atoms with Crippen molar-refractivity contribution in [1.29, 1.82) is 0 Å². The molecule has 0 heterocycles. The number of unbranched alkanes of at least 4 members (excludes halogenated alkanes) is 2. The molecule has 14 heavy (non-hydrogen) atoms. The standard InChI is InChI=1S/C10H20BrNO2/c1-2-3-8-14-10(13)9(11)6-4-5-7-12/h9H,2-8,12H2,1H3. The summed E-state index contributed by atoms with van der Waals surface area (Å²) in [6, 6.07) is 0. The summed E-state index contributed by atoms with van der Waals surface area (Å²) >= 11 is 3.31. The lowest BCUT2D eigenvalue weighted by Crippen LogP contribution is -2.18. The second-order valence-corrected chi connectivity index (χ2v) is 4.38. The fourth-order valence-corrected chi connectivity index (χ4v) is 1.45. The van der Waals surface area contributed by atoms with Crippen LogP contribution in [0.2, 0.25) is 0 Å². The SMILES string of the molecule is CCCCOC(=O)C(Br)CCCCN. The van der Waals surface area contributed by atoms with Crippen LogP contribution in [-0.4, -0.2) is 23.9 Å². The van der Waals surface area contributed by atoms with Crippen molar-refractivity contribution in [3.05, 3.63) is 0 Å². The molecule has 0 radical (unpaired) electrons. The maximum Gasteiger partial charge on any atom is 0.319 e. The molecule has 0 aromatic heterocycles. The minimum absolute atomic E-state index is 0.143. The molecule has 0 bridgehead atoms. The molecule has 0 saturated carbocycles. The summed E-state index contributed by atoms with van der Waals surface area (Å²) in [6.45, 7) is 3.29. The van der Waals surface area contributed by atoms with Crippen molar-refractivity contribution >= 4 is 21.9 Å². The molecule has 0 fully saturated rings. The molecule has 1 unspecified atom stereocenters. The summed E-state index contributed by atoms with van der Waals surface area (Å²) in [5.74, 6) is -0.143. The number of halogens is 1. The first-order chi connectivity index (χ1) is 6.72. The van der Waals surface area contributed by atoms with Gasteiger partial charge in [-0.05, 0) is 25.8 Å². The Morgan fingerprint density at radius 2 is 2.14 bits per heavy atom. The van der Waals surface area contributed by atoms with Gasteiger partial charge in [-0.2, -0.15) is 0 Å². The van der Waals surface area contributed by atoms with Crippen LogP contribution in [0.4, 0.5) is 0 Å². The first-order valence-electron chi connectivity index (χ1n) is 5.23. The van der Waals surface area contributed by atoms with E-state index in [1.807, 2.05) is 0 Å². The zero-order valence-corrected chi connectivity index (χ0v) is 10.4. The van der Waals surface area contributed by atoms with E-state index >= 15 is 0 Å². The van der Waals surface area contributed by atoms with Gasteiger partial charge in [0.1, 0.15) is 4.83 Å². The number of rotatable bonds is 8. The molecule has 0 spiro atoms. The lowest BCUT2D eigenvalue weighted by Gasteiger charge is -2.09. The van der Waals surface area contributed by atoms with Gasteiger partial charge in [0, 0.05) is 0 Å². The maximum absolute atomic E-state index is 11.3. The van der Waals surface area contributed by atoms with E-state index in [9.17, 15) is 4.79 Å². The van der Waals surface area contributed by atoms with E-state index in [-0.39, 0.29) is 10.8 Å². The number of carbonyl (C=O) groups is 1. The second-order valence-electron chi connectivity index (χ2n) is 3.27. The molecular formula is C10H20BrNO2. The van der Waals surface area contributed by atoms with Crippen molar-refractivity contribution in [3.8, 4) is 0 Å². The number of hydrogen-bond donors (Lipinski definition) is 1. The highest BCUT2D eigenvalue weighted by molar-refractivity contribution is 9.10. The number of ether oxygens (including phenoxy) is 1. The number of carbonyl (C=O) groups excluding carboxylic acids is 1. The van der Waals surface area contributed by atoms with Crippen molar-refractivity contribution in [2.75, 3.05) is 13.2 Å². The van der Waals surface area contributed by atoms with Crippen LogP contribution >= 0.6 is 15.9 Å². The number of alkyl halides is 1. The predicted octanol–water partition coefficient (Wildman–Crippen LogP) is 2.22. The summed E-state index contributed by atoms with van der Waals surface area (Å²) in [5, 5.41) is 0. The minimum atomic E-state index is -0.161. The summed E-state index contributed by atoms with van der Waals surface area (Å²) in [4.78, 5) is 11.2. The molecule has 0 aliphatic carbocycles. The average molecular weight is 266 g/mol. The van der Waals surface area contributed by atoms with Gasteiger partial charge in [0.15, 0.2) is 0 Å². The second kappa shape index (κ2) is 9.46. The number of hydrogen-bond acceptors (Lipinski definition) is 3. The molecule has 0 aromatic rings. The fraction of sp³-hybridized carbons (Fsp3) is 0.900. The van der Waals surface area contributed by atoms with Crippen molar-refractivity contribution in [2.45, 2.75) is 43.9 Å². The molecule has 0 aromatic carbocycles. The van der Waals surface area contributed by atoms with Crippen LogP contribution in [0.1, 0.15) is 39.0 Å². The van der Waals surface area contributed by atoms with Crippen molar-refractivity contribution in [1.82, 2.24) is 0 Å². The monoisotopic (exact) mass is 265 g/mol.